The van der Waals surface area contributed by atoms with Crippen molar-refractivity contribution in [2.45, 2.75) is 18.7 Å². The highest BCUT2D eigenvalue weighted by Crippen LogP contribution is 2.31. The van der Waals surface area contributed by atoms with Crippen LogP contribution in [0, 0.1) is 13.8 Å². The zero-order chi connectivity index (χ0) is 23.0. The number of aryl methyl sites for hydroxylation is 2. The van der Waals surface area contributed by atoms with E-state index in [1.165, 1.54) is 30.3 Å². The number of sulfonamides is 1. The number of aromatic carboxylic acids is 1. The van der Waals surface area contributed by atoms with Crippen LogP contribution in [0.25, 0.3) is 11.0 Å². The van der Waals surface area contributed by atoms with Crippen molar-refractivity contribution in [2.24, 2.45) is 0 Å². The highest BCUT2D eigenvalue weighted by atomic mass is 35.5. The van der Waals surface area contributed by atoms with E-state index in [0.29, 0.717) is 22.3 Å². The van der Waals surface area contributed by atoms with Gasteiger partial charge in [0, 0.05) is 0 Å². The van der Waals surface area contributed by atoms with E-state index in [1.54, 1.807) is 31.2 Å². The quantitative estimate of drug-likeness (QED) is 0.358. The standard InChI is InChI=1S/C22H18ClN3O5S/c1-12-3-7-15(8-4-12)32(29,30)26-18-11-20-19(10-17(18)23)24-22(25-20)31-14-6-5-13(2)16(9-14)21(27)28/h3-11,26H,1-2H3,(H,24,25)(H,27,28). The van der Waals surface area contributed by atoms with Gasteiger partial charge < -0.3 is 14.8 Å². The van der Waals surface area contributed by atoms with Gasteiger partial charge in [0.1, 0.15) is 5.75 Å². The third-order valence-corrected chi connectivity index (χ3v) is 6.47. The second kappa shape index (κ2) is 8.18. The number of H-pyrrole nitrogens is 1. The molecule has 0 spiro atoms. The number of ether oxygens (including phenoxy) is 1. The third kappa shape index (κ3) is 4.39. The Morgan fingerprint density at radius 2 is 1.81 bits per heavy atom. The van der Waals surface area contributed by atoms with Crippen molar-refractivity contribution >= 4 is 44.3 Å². The minimum atomic E-state index is -3.84. The summed E-state index contributed by atoms with van der Waals surface area (Å²) in [6, 6.07) is 14.2. The third-order valence-electron chi connectivity index (χ3n) is 4.78. The van der Waals surface area contributed by atoms with Gasteiger partial charge in [-0.25, -0.2) is 13.2 Å². The van der Waals surface area contributed by atoms with Gasteiger partial charge in [0.2, 0.25) is 0 Å². The lowest BCUT2D eigenvalue weighted by Gasteiger charge is -2.10. The Kier molecular flexibility index (Phi) is 5.53. The van der Waals surface area contributed by atoms with Gasteiger partial charge in [0.05, 0.1) is 32.2 Å². The molecule has 0 amide bonds. The van der Waals surface area contributed by atoms with Crippen molar-refractivity contribution < 1.29 is 23.1 Å². The van der Waals surface area contributed by atoms with E-state index >= 15 is 0 Å². The van der Waals surface area contributed by atoms with E-state index in [2.05, 4.69) is 14.7 Å². The number of halogens is 1. The Hall–Kier alpha value is -3.56. The molecule has 8 nitrogen and oxygen atoms in total. The molecule has 4 aromatic rings. The summed E-state index contributed by atoms with van der Waals surface area (Å²) in [7, 11) is -3.84. The molecule has 0 unspecified atom stereocenters. The van der Waals surface area contributed by atoms with E-state index in [1.807, 2.05) is 6.92 Å². The first-order valence-electron chi connectivity index (χ1n) is 9.43. The normalized spacial score (nSPS) is 11.5. The van der Waals surface area contributed by atoms with Crippen LogP contribution in [0.3, 0.4) is 0 Å². The first-order valence-corrected chi connectivity index (χ1v) is 11.3. The van der Waals surface area contributed by atoms with E-state index < -0.39 is 16.0 Å². The first-order chi connectivity index (χ1) is 15.1. The molecular formula is C22H18ClN3O5S. The Labute approximate surface area is 188 Å². The van der Waals surface area contributed by atoms with Gasteiger partial charge in [-0.3, -0.25) is 4.72 Å². The number of benzene rings is 3. The summed E-state index contributed by atoms with van der Waals surface area (Å²) in [6.45, 7) is 3.56. The molecule has 0 saturated carbocycles. The Bertz CT molecular complexity index is 1450. The first kappa shape index (κ1) is 21.7. The number of rotatable bonds is 6. The van der Waals surface area contributed by atoms with Crippen LogP contribution in [0.15, 0.2) is 59.5 Å². The SMILES string of the molecule is Cc1ccc(S(=O)(=O)Nc2cc3nc(Oc4ccc(C)c(C(=O)O)c4)[nH]c3cc2Cl)cc1. The fourth-order valence-electron chi connectivity index (χ4n) is 3.06. The van der Waals surface area contributed by atoms with Crippen LogP contribution in [0.4, 0.5) is 5.69 Å². The molecular weight excluding hydrogens is 454 g/mol. The molecule has 32 heavy (non-hydrogen) atoms. The monoisotopic (exact) mass is 471 g/mol. The summed E-state index contributed by atoms with van der Waals surface area (Å²) < 4.78 is 33.5. The average Bonchev–Trinajstić information content (AvgIpc) is 3.10. The topological polar surface area (TPSA) is 121 Å². The number of carboxylic acids is 1. The number of fused-ring (bicyclic) bond motifs is 1. The van der Waals surface area contributed by atoms with Gasteiger partial charge in [-0.2, -0.15) is 4.98 Å². The van der Waals surface area contributed by atoms with Crippen LogP contribution in [0.1, 0.15) is 21.5 Å². The molecule has 0 atom stereocenters. The minimum Gasteiger partial charge on any atom is -0.478 e. The summed E-state index contributed by atoms with van der Waals surface area (Å²) in [4.78, 5) is 18.7. The van der Waals surface area contributed by atoms with Crippen molar-refractivity contribution in [1.82, 2.24) is 9.97 Å². The average molecular weight is 472 g/mol. The van der Waals surface area contributed by atoms with Crippen LogP contribution in [0.2, 0.25) is 5.02 Å². The summed E-state index contributed by atoms with van der Waals surface area (Å²) >= 11 is 6.28. The number of nitrogens with zero attached hydrogens (tertiary/aromatic N) is 1. The number of aromatic amines is 1. The predicted octanol–water partition coefficient (Wildman–Crippen LogP) is 5.12. The highest BCUT2D eigenvalue weighted by molar-refractivity contribution is 7.92. The maximum absolute atomic E-state index is 12.7. The molecule has 10 heteroatoms. The Morgan fingerprint density at radius 3 is 2.50 bits per heavy atom. The zero-order valence-corrected chi connectivity index (χ0v) is 18.6. The molecule has 164 valence electrons. The smallest absolute Gasteiger partial charge is 0.336 e. The van der Waals surface area contributed by atoms with Gasteiger partial charge >= 0.3 is 5.97 Å². The van der Waals surface area contributed by atoms with Crippen LogP contribution >= 0.6 is 11.6 Å². The zero-order valence-electron chi connectivity index (χ0n) is 17.0. The van der Waals surface area contributed by atoms with Gasteiger partial charge in [0.25, 0.3) is 16.0 Å². The van der Waals surface area contributed by atoms with Crippen molar-refractivity contribution in [3.8, 4) is 11.8 Å². The molecule has 4 rings (SSSR count). The lowest BCUT2D eigenvalue weighted by Crippen LogP contribution is -2.13. The Morgan fingerprint density at radius 1 is 1.09 bits per heavy atom. The number of aromatic nitrogens is 2. The van der Waals surface area contributed by atoms with Crippen LogP contribution in [-0.2, 0) is 10.0 Å². The van der Waals surface area contributed by atoms with Crippen molar-refractivity contribution in [3.63, 3.8) is 0 Å². The van der Waals surface area contributed by atoms with Gasteiger partial charge in [0.15, 0.2) is 0 Å². The number of carbonyl (C=O) groups is 1. The number of carboxylic acid groups (broad SMARTS) is 1. The number of hydrogen-bond acceptors (Lipinski definition) is 5. The second-order valence-corrected chi connectivity index (χ2v) is 9.28. The van der Waals surface area contributed by atoms with Crippen molar-refractivity contribution in [3.05, 3.63) is 76.3 Å². The molecule has 0 fully saturated rings. The van der Waals surface area contributed by atoms with Gasteiger partial charge in [-0.05, 0) is 55.8 Å². The maximum atomic E-state index is 12.7. The molecule has 0 aliphatic heterocycles. The molecule has 0 aliphatic carbocycles. The molecule has 1 aromatic heterocycles. The van der Waals surface area contributed by atoms with Crippen molar-refractivity contribution in [2.75, 3.05) is 4.72 Å². The van der Waals surface area contributed by atoms with E-state index in [4.69, 9.17) is 16.3 Å². The second-order valence-electron chi connectivity index (χ2n) is 7.19. The Balaban J connectivity index is 1.63. The largest absolute Gasteiger partial charge is 0.478 e. The fraction of sp³-hybridized carbons (Fsp3) is 0.0909. The van der Waals surface area contributed by atoms with E-state index in [-0.39, 0.29) is 27.2 Å². The summed E-state index contributed by atoms with van der Waals surface area (Å²) in [5, 5.41) is 9.44. The van der Waals surface area contributed by atoms with E-state index in [0.717, 1.165) is 5.56 Å². The molecule has 1 heterocycles. The molecule has 0 bridgehead atoms. The molecule has 3 N–H and O–H groups in total. The van der Waals surface area contributed by atoms with Gasteiger partial charge in [-0.1, -0.05) is 35.4 Å². The van der Waals surface area contributed by atoms with Crippen LogP contribution in [0.5, 0.6) is 11.8 Å². The predicted molar refractivity (Wildman–Crippen MR) is 121 cm³/mol. The molecule has 0 radical (unpaired) electrons. The van der Waals surface area contributed by atoms with E-state index in [9.17, 15) is 18.3 Å². The molecule has 3 aromatic carbocycles. The highest BCUT2D eigenvalue weighted by Gasteiger charge is 2.18. The number of hydrogen-bond donors (Lipinski definition) is 3. The van der Waals surface area contributed by atoms with Gasteiger partial charge in [-0.15, -0.1) is 0 Å². The minimum absolute atomic E-state index is 0.106. The number of nitrogens with one attached hydrogen (secondary N) is 2. The summed E-state index contributed by atoms with van der Waals surface area (Å²) in [5.41, 5.74) is 2.77. The lowest BCUT2D eigenvalue weighted by atomic mass is 10.1. The maximum Gasteiger partial charge on any atom is 0.336 e. The van der Waals surface area contributed by atoms with Crippen molar-refractivity contribution in [1.29, 1.82) is 0 Å². The number of imidazole rings is 1. The summed E-state index contributed by atoms with van der Waals surface area (Å²) in [6.07, 6.45) is 0. The number of anilines is 1. The molecule has 0 aliphatic rings. The lowest BCUT2D eigenvalue weighted by molar-refractivity contribution is 0.0695. The van der Waals surface area contributed by atoms with Crippen LogP contribution < -0.4 is 9.46 Å². The summed E-state index contributed by atoms with van der Waals surface area (Å²) in [5.74, 6) is -0.770. The molecule has 0 saturated heterocycles. The fourth-order valence-corrected chi connectivity index (χ4v) is 4.40. The van der Waals surface area contributed by atoms with Crippen LogP contribution in [-0.4, -0.2) is 29.5 Å².